The third-order valence-corrected chi connectivity index (χ3v) is 5.86. The van der Waals surface area contributed by atoms with Crippen molar-refractivity contribution < 1.29 is 36.4 Å². The molecule has 0 heterocycles. The van der Waals surface area contributed by atoms with Crippen molar-refractivity contribution in [3.8, 4) is 11.5 Å². The Morgan fingerprint density at radius 1 is 0.541 bits per heavy atom. The predicted octanol–water partition coefficient (Wildman–Crippen LogP) is 9.94. The van der Waals surface area contributed by atoms with Crippen LogP contribution in [0.25, 0.3) is 0 Å². The van der Waals surface area contributed by atoms with Gasteiger partial charge >= 0.3 is 0 Å². The van der Waals surface area contributed by atoms with Gasteiger partial charge < -0.3 is 10.2 Å². The molecule has 0 atom stereocenters. The van der Waals surface area contributed by atoms with Crippen LogP contribution in [0.2, 0.25) is 0 Å². The zero-order valence-corrected chi connectivity index (χ0v) is 27.2. The van der Waals surface area contributed by atoms with E-state index in [1.165, 1.54) is 35.1 Å². The van der Waals surface area contributed by atoms with Crippen LogP contribution >= 0.6 is 0 Å². The first-order valence-electron chi connectivity index (χ1n) is 12.9. The molecule has 0 fully saturated rings. The van der Waals surface area contributed by atoms with E-state index in [2.05, 4.69) is 93.5 Å². The van der Waals surface area contributed by atoms with Crippen LogP contribution in [0.15, 0.2) is 95.1 Å². The first kappa shape index (κ1) is 34.9. The van der Waals surface area contributed by atoms with Gasteiger partial charge in [0, 0.05) is 26.2 Å². The quantitative estimate of drug-likeness (QED) is 0.326. The number of rotatable bonds is 0. The largest absolute Gasteiger partial charge is 0.508 e. The maximum Gasteiger partial charge on any atom is 0.119 e. The molecule has 0 saturated carbocycles. The maximum absolute atomic E-state index is 9.45. The molecule has 0 radical (unpaired) electrons. The molecular weight excluding hydrogens is 532 g/mol. The fourth-order valence-electron chi connectivity index (χ4n) is 3.87. The summed E-state index contributed by atoms with van der Waals surface area (Å²) in [5.74, 6) is 0.778. The van der Waals surface area contributed by atoms with Crippen molar-refractivity contribution in [2.45, 2.75) is 92.9 Å². The van der Waals surface area contributed by atoms with Gasteiger partial charge in [0.2, 0.25) is 0 Å². The van der Waals surface area contributed by atoms with Crippen molar-refractivity contribution in [1.29, 1.82) is 0 Å². The summed E-state index contributed by atoms with van der Waals surface area (Å²) < 4.78 is 0. The SMILES string of the molecule is CC(C)(C)c1ccccc1O.CC(C)(C)c1ccccc1O.CC1=CCC(C)=C1.CC1=CCC(C)=C1.[Zr]. The van der Waals surface area contributed by atoms with Crippen molar-refractivity contribution in [3.63, 3.8) is 0 Å². The van der Waals surface area contributed by atoms with E-state index >= 15 is 0 Å². The topological polar surface area (TPSA) is 40.5 Å². The number of phenols is 2. The second-order valence-electron chi connectivity index (χ2n) is 11.8. The first-order chi connectivity index (χ1) is 16.6. The number of para-hydroxylation sites is 2. The van der Waals surface area contributed by atoms with E-state index in [9.17, 15) is 10.2 Å². The molecule has 2 aromatic carbocycles. The normalized spacial score (nSPS) is 14.1. The fourth-order valence-corrected chi connectivity index (χ4v) is 3.87. The van der Waals surface area contributed by atoms with Crippen molar-refractivity contribution in [1.82, 2.24) is 0 Å². The van der Waals surface area contributed by atoms with Crippen molar-refractivity contribution in [2.75, 3.05) is 0 Å². The number of benzene rings is 2. The molecule has 0 bridgehead atoms. The minimum atomic E-state index is 0. The van der Waals surface area contributed by atoms with Gasteiger partial charge in [0.25, 0.3) is 0 Å². The molecule has 37 heavy (non-hydrogen) atoms. The summed E-state index contributed by atoms with van der Waals surface area (Å²) in [7, 11) is 0. The Balaban J connectivity index is 0.000000473. The molecule has 2 aromatic rings. The van der Waals surface area contributed by atoms with Crippen LogP contribution in [0.5, 0.6) is 11.5 Å². The van der Waals surface area contributed by atoms with E-state index in [0.717, 1.165) is 11.1 Å². The van der Waals surface area contributed by atoms with Gasteiger partial charge in [-0.25, -0.2) is 0 Å². The Morgan fingerprint density at radius 3 is 0.973 bits per heavy atom. The molecule has 0 aromatic heterocycles. The van der Waals surface area contributed by atoms with E-state index in [1.54, 1.807) is 12.1 Å². The number of phenolic OH excluding ortho intramolecular Hbond substituents is 2. The van der Waals surface area contributed by atoms with Gasteiger partial charge in [-0.05, 0) is 74.6 Å². The Kier molecular flexibility index (Phi) is 15.1. The van der Waals surface area contributed by atoms with Gasteiger partial charge in [0.1, 0.15) is 11.5 Å². The van der Waals surface area contributed by atoms with Gasteiger partial charge in [-0.15, -0.1) is 0 Å². The second kappa shape index (κ2) is 16.0. The Labute approximate surface area is 246 Å². The summed E-state index contributed by atoms with van der Waals surface area (Å²) in [5, 5.41) is 18.9. The third-order valence-electron chi connectivity index (χ3n) is 5.86. The number of hydrogen-bond donors (Lipinski definition) is 2. The predicted molar refractivity (Wildman–Crippen MR) is 158 cm³/mol. The monoisotopic (exact) mass is 578 g/mol. The zero-order chi connectivity index (χ0) is 27.5. The summed E-state index contributed by atoms with van der Waals surface area (Å²) in [6, 6.07) is 14.9. The van der Waals surface area contributed by atoms with Crippen molar-refractivity contribution >= 4 is 0 Å². The minimum absolute atomic E-state index is 0. The maximum atomic E-state index is 9.45. The molecule has 0 saturated heterocycles. The molecule has 2 aliphatic rings. The molecule has 2 N–H and O–H groups in total. The van der Waals surface area contributed by atoms with Gasteiger partial charge in [-0.1, -0.05) is 125 Å². The molecule has 0 spiro atoms. The van der Waals surface area contributed by atoms with Crippen molar-refractivity contribution in [3.05, 3.63) is 106 Å². The van der Waals surface area contributed by atoms with E-state index in [4.69, 9.17) is 0 Å². The summed E-state index contributed by atoms with van der Waals surface area (Å²) in [4.78, 5) is 0. The van der Waals surface area contributed by atoms with Crippen LogP contribution in [0.4, 0.5) is 0 Å². The molecule has 200 valence electrons. The van der Waals surface area contributed by atoms with E-state index < -0.39 is 0 Å². The van der Waals surface area contributed by atoms with Crippen LogP contribution in [-0.2, 0) is 37.0 Å². The third kappa shape index (κ3) is 13.8. The summed E-state index contributed by atoms with van der Waals surface area (Å²) in [6.45, 7) is 21.1. The van der Waals surface area contributed by atoms with Crippen LogP contribution < -0.4 is 0 Å². The summed E-state index contributed by atoms with van der Waals surface area (Å²) >= 11 is 0. The van der Waals surface area contributed by atoms with Crippen LogP contribution in [0.1, 0.15) is 93.2 Å². The molecule has 3 heteroatoms. The summed E-state index contributed by atoms with van der Waals surface area (Å²) in [6.07, 6.45) is 11.3. The average Bonchev–Trinajstić information content (AvgIpc) is 3.34. The molecular formula is C34H48O2Zr. The number of allylic oxidation sites excluding steroid dienone is 8. The Hall–Kier alpha value is -2.12. The molecule has 4 rings (SSSR count). The van der Waals surface area contributed by atoms with Gasteiger partial charge in [0.15, 0.2) is 0 Å². The molecule has 0 amide bonds. The van der Waals surface area contributed by atoms with E-state index in [0.29, 0.717) is 11.5 Å². The van der Waals surface area contributed by atoms with Gasteiger partial charge in [-0.2, -0.15) is 0 Å². The Morgan fingerprint density at radius 2 is 0.838 bits per heavy atom. The fraction of sp³-hybridized carbons (Fsp3) is 0.412. The Bertz CT molecular complexity index is 1010. The number of aromatic hydroxyl groups is 2. The van der Waals surface area contributed by atoms with Crippen LogP contribution in [0, 0.1) is 0 Å². The van der Waals surface area contributed by atoms with Crippen molar-refractivity contribution in [2.24, 2.45) is 0 Å². The van der Waals surface area contributed by atoms with E-state index in [-0.39, 0.29) is 37.0 Å². The van der Waals surface area contributed by atoms with Gasteiger partial charge in [-0.3, -0.25) is 0 Å². The van der Waals surface area contributed by atoms with Crippen LogP contribution in [-0.4, -0.2) is 10.2 Å². The first-order valence-corrected chi connectivity index (χ1v) is 12.9. The molecule has 2 nitrogen and oxygen atoms in total. The van der Waals surface area contributed by atoms with E-state index in [1.807, 2.05) is 36.4 Å². The van der Waals surface area contributed by atoms with Crippen LogP contribution in [0.3, 0.4) is 0 Å². The van der Waals surface area contributed by atoms with Gasteiger partial charge in [0.05, 0.1) is 0 Å². The molecule has 0 aliphatic heterocycles. The summed E-state index contributed by atoms with van der Waals surface area (Å²) in [5.41, 5.74) is 7.86. The smallest absolute Gasteiger partial charge is 0.119 e. The zero-order valence-electron chi connectivity index (χ0n) is 24.7. The molecule has 2 aliphatic carbocycles. The second-order valence-corrected chi connectivity index (χ2v) is 11.8. The molecule has 0 unspecified atom stereocenters. The minimum Gasteiger partial charge on any atom is -0.508 e. The number of hydrogen-bond acceptors (Lipinski definition) is 2. The average molecular weight is 580 g/mol. The standard InChI is InChI=1S/2C10H14O.2C7H10.Zr/c2*1-10(2,3)8-6-4-5-7-9(8)11;2*1-6-3-4-7(2)5-6;/h2*4-7,11H,1-3H3;2*3,5H,4H2,1-2H3;.